The van der Waals surface area contributed by atoms with Crippen LogP contribution in [-0.2, 0) is 6.42 Å². The molecule has 1 aromatic heterocycles. The predicted molar refractivity (Wildman–Crippen MR) is 69.4 cm³/mol. The number of benzene rings is 1. The van der Waals surface area contributed by atoms with Crippen LogP contribution in [0.3, 0.4) is 0 Å². The van der Waals surface area contributed by atoms with Gasteiger partial charge in [0.1, 0.15) is 0 Å². The van der Waals surface area contributed by atoms with Gasteiger partial charge in [0.05, 0.1) is 21.3 Å². The fourth-order valence-electron chi connectivity index (χ4n) is 1.76. The van der Waals surface area contributed by atoms with E-state index in [1.807, 2.05) is 0 Å². The van der Waals surface area contributed by atoms with Crippen LogP contribution in [0.25, 0.3) is 5.69 Å². The van der Waals surface area contributed by atoms with Crippen LogP contribution in [-0.4, -0.2) is 31.0 Å². The third-order valence-corrected chi connectivity index (χ3v) is 2.97. The largest absolute Gasteiger partial charge is 0.476 e. The van der Waals surface area contributed by atoms with Crippen molar-refractivity contribution in [2.24, 2.45) is 0 Å². The fraction of sp³-hybridized carbons (Fsp3) is 0.182. The maximum Gasteiger partial charge on any atom is 0.358 e. The summed E-state index contributed by atoms with van der Waals surface area (Å²) in [5.41, 5.74) is 0.389. The number of halogens is 1. The molecule has 0 saturated heterocycles. The molecule has 0 aliphatic heterocycles. The average Bonchev–Trinajstić information content (AvgIpc) is 2.82. The Kier molecular flexibility index (Phi) is 3.66. The lowest BCUT2D eigenvalue weighted by atomic mass is 10.2. The molecule has 9 heteroatoms. The molecule has 0 aliphatic carbocycles. The van der Waals surface area contributed by atoms with Crippen LogP contribution in [0.15, 0.2) is 18.2 Å². The summed E-state index contributed by atoms with van der Waals surface area (Å²) in [6.45, 7) is 1.75. The number of rotatable bonds is 4. The number of nitrogens with zero attached hydrogens (tertiary/aromatic N) is 4. The molecule has 0 fully saturated rings. The summed E-state index contributed by atoms with van der Waals surface area (Å²) in [7, 11) is 0. The van der Waals surface area contributed by atoms with Crippen molar-refractivity contribution >= 4 is 23.3 Å². The Morgan fingerprint density at radius 2 is 2.25 bits per heavy atom. The molecular formula is C11H9ClN4O4. The van der Waals surface area contributed by atoms with Gasteiger partial charge in [-0.25, -0.2) is 9.48 Å². The third kappa shape index (κ3) is 2.32. The highest BCUT2D eigenvalue weighted by Crippen LogP contribution is 2.26. The Morgan fingerprint density at radius 1 is 1.55 bits per heavy atom. The molecule has 2 aromatic rings. The number of hydrogen-bond acceptors (Lipinski definition) is 5. The molecule has 0 aliphatic rings. The maximum absolute atomic E-state index is 11.0. The second-order valence-corrected chi connectivity index (χ2v) is 4.26. The van der Waals surface area contributed by atoms with Crippen molar-refractivity contribution in [2.75, 3.05) is 0 Å². The molecule has 0 amide bonds. The summed E-state index contributed by atoms with van der Waals surface area (Å²) < 4.78 is 1.27. The van der Waals surface area contributed by atoms with E-state index in [4.69, 9.17) is 16.7 Å². The van der Waals surface area contributed by atoms with E-state index in [9.17, 15) is 14.9 Å². The third-order valence-electron chi connectivity index (χ3n) is 2.67. The van der Waals surface area contributed by atoms with Gasteiger partial charge in [-0.2, -0.15) is 0 Å². The molecule has 1 heterocycles. The van der Waals surface area contributed by atoms with Gasteiger partial charge in [0.2, 0.25) is 0 Å². The minimum Gasteiger partial charge on any atom is -0.476 e. The maximum atomic E-state index is 11.0. The van der Waals surface area contributed by atoms with Crippen LogP contribution in [0.5, 0.6) is 0 Å². The summed E-state index contributed by atoms with van der Waals surface area (Å²) in [6, 6.07) is 3.85. The number of carboxylic acid groups (broad SMARTS) is 1. The fourth-order valence-corrected chi connectivity index (χ4v) is 2.01. The Bertz CT molecular complexity index is 698. The SMILES string of the molecule is CCc1c(C(=O)O)nnn1-c1ccc([N+](=O)[O-])cc1Cl. The van der Waals surface area contributed by atoms with Crippen LogP contribution >= 0.6 is 11.6 Å². The smallest absolute Gasteiger partial charge is 0.358 e. The molecular weight excluding hydrogens is 288 g/mol. The lowest BCUT2D eigenvalue weighted by molar-refractivity contribution is -0.384. The first-order valence-electron chi connectivity index (χ1n) is 5.57. The average molecular weight is 297 g/mol. The summed E-state index contributed by atoms with van der Waals surface area (Å²) in [4.78, 5) is 21.1. The Hall–Kier alpha value is -2.48. The predicted octanol–water partition coefficient (Wildman–Crippen LogP) is 2.09. The van der Waals surface area contributed by atoms with E-state index in [0.29, 0.717) is 17.8 Å². The summed E-state index contributed by atoms with van der Waals surface area (Å²) in [5.74, 6) is -1.19. The molecule has 8 nitrogen and oxygen atoms in total. The minimum atomic E-state index is -1.19. The van der Waals surface area contributed by atoms with Gasteiger partial charge in [-0.05, 0) is 12.5 Å². The van der Waals surface area contributed by atoms with E-state index in [1.165, 1.54) is 22.9 Å². The van der Waals surface area contributed by atoms with Gasteiger partial charge >= 0.3 is 5.97 Å². The number of nitro benzene ring substituents is 1. The quantitative estimate of drug-likeness (QED) is 0.683. The van der Waals surface area contributed by atoms with Gasteiger partial charge in [-0.1, -0.05) is 23.7 Å². The van der Waals surface area contributed by atoms with Crippen molar-refractivity contribution in [3.8, 4) is 5.69 Å². The standard InChI is InChI=1S/C11H9ClN4O4/c1-2-8-10(11(17)18)13-14-15(8)9-4-3-6(16(19)20)5-7(9)12/h3-5H,2H2,1H3,(H,17,18). The molecule has 0 atom stereocenters. The molecule has 1 aromatic carbocycles. The molecule has 0 bridgehead atoms. The topological polar surface area (TPSA) is 111 Å². The number of aromatic carboxylic acids is 1. The van der Waals surface area contributed by atoms with Crippen LogP contribution in [0.1, 0.15) is 23.1 Å². The van der Waals surface area contributed by atoms with Crippen LogP contribution in [0.4, 0.5) is 5.69 Å². The minimum absolute atomic E-state index is 0.0933. The highest BCUT2D eigenvalue weighted by atomic mass is 35.5. The molecule has 1 N–H and O–H groups in total. The molecule has 104 valence electrons. The molecule has 0 unspecified atom stereocenters. The van der Waals surface area contributed by atoms with Gasteiger partial charge in [-0.15, -0.1) is 5.10 Å². The van der Waals surface area contributed by atoms with Crippen molar-refractivity contribution in [1.82, 2.24) is 15.0 Å². The van der Waals surface area contributed by atoms with Crippen LogP contribution < -0.4 is 0 Å². The first kappa shape index (κ1) is 13.9. The Morgan fingerprint density at radius 3 is 2.75 bits per heavy atom. The molecule has 2 rings (SSSR count). The zero-order valence-corrected chi connectivity index (χ0v) is 11.0. The number of nitro groups is 1. The number of hydrogen-bond donors (Lipinski definition) is 1. The first-order valence-corrected chi connectivity index (χ1v) is 5.95. The second-order valence-electron chi connectivity index (χ2n) is 3.85. The van der Waals surface area contributed by atoms with E-state index in [-0.39, 0.29) is 16.4 Å². The number of carbonyl (C=O) groups is 1. The van der Waals surface area contributed by atoms with E-state index < -0.39 is 10.9 Å². The van der Waals surface area contributed by atoms with Crippen LogP contribution in [0.2, 0.25) is 5.02 Å². The van der Waals surface area contributed by atoms with Gasteiger partial charge in [0.15, 0.2) is 5.69 Å². The lowest BCUT2D eigenvalue weighted by Crippen LogP contribution is -2.06. The number of non-ortho nitro benzene ring substituents is 1. The summed E-state index contributed by atoms with van der Waals surface area (Å²) in [5, 5.41) is 27.1. The Balaban J connectivity index is 2.57. The zero-order valence-electron chi connectivity index (χ0n) is 10.3. The van der Waals surface area contributed by atoms with E-state index >= 15 is 0 Å². The van der Waals surface area contributed by atoms with Crippen molar-refractivity contribution in [3.63, 3.8) is 0 Å². The monoisotopic (exact) mass is 296 g/mol. The van der Waals surface area contributed by atoms with Gasteiger partial charge in [0.25, 0.3) is 5.69 Å². The van der Waals surface area contributed by atoms with Crippen molar-refractivity contribution in [3.05, 3.63) is 44.7 Å². The van der Waals surface area contributed by atoms with E-state index in [1.54, 1.807) is 6.92 Å². The normalized spacial score (nSPS) is 10.5. The summed E-state index contributed by atoms with van der Waals surface area (Å²) in [6.07, 6.45) is 0.377. The van der Waals surface area contributed by atoms with Crippen molar-refractivity contribution < 1.29 is 14.8 Å². The van der Waals surface area contributed by atoms with Crippen LogP contribution in [0, 0.1) is 10.1 Å². The molecule has 0 saturated carbocycles. The molecule has 0 spiro atoms. The lowest BCUT2D eigenvalue weighted by Gasteiger charge is -2.06. The molecule has 20 heavy (non-hydrogen) atoms. The number of carboxylic acids is 1. The molecule has 0 radical (unpaired) electrons. The summed E-state index contributed by atoms with van der Waals surface area (Å²) >= 11 is 5.99. The zero-order chi connectivity index (χ0) is 14.9. The first-order chi connectivity index (χ1) is 9.45. The van der Waals surface area contributed by atoms with Gasteiger partial charge in [-0.3, -0.25) is 10.1 Å². The van der Waals surface area contributed by atoms with Gasteiger partial charge in [0, 0.05) is 12.1 Å². The Labute approximate surface area is 117 Å². The highest BCUT2D eigenvalue weighted by molar-refractivity contribution is 6.32. The highest BCUT2D eigenvalue weighted by Gasteiger charge is 2.20. The number of aromatic nitrogens is 3. The van der Waals surface area contributed by atoms with E-state index in [2.05, 4.69) is 10.3 Å². The van der Waals surface area contributed by atoms with Gasteiger partial charge < -0.3 is 5.11 Å². The van der Waals surface area contributed by atoms with Crippen molar-refractivity contribution in [1.29, 1.82) is 0 Å². The van der Waals surface area contributed by atoms with E-state index in [0.717, 1.165) is 0 Å². The van der Waals surface area contributed by atoms with Crippen molar-refractivity contribution in [2.45, 2.75) is 13.3 Å². The second kappa shape index (κ2) is 5.25.